The normalized spacial score (nSPS) is 22.5. The number of hydrogen-bond donors (Lipinski definition) is 2. The summed E-state index contributed by atoms with van der Waals surface area (Å²) in [6.45, 7) is 1.98. The molecule has 1 heterocycles. The number of nitrogens with two attached hydrogens (primary N) is 1. The van der Waals surface area contributed by atoms with Crippen molar-refractivity contribution in [2.45, 2.75) is 25.0 Å². The second-order valence-electron chi connectivity index (χ2n) is 4.20. The van der Waals surface area contributed by atoms with Gasteiger partial charge in [-0.05, 0) is 12.8 Å². The van der Waals surface area contributed by atoms with E-state index >= 15 is 0 Å². The first-order chi connectivity index (χ1) is 8.19. The van der Waals surface area contributed by atoms with Gasteiger partial charge in [-0.3, -0.25) is 4.79 Å². The van der Waals surface area contributed by atoms with Crippen LogP contribution in [-0.4, -0.2) is 68.1 Å². The number of carbonyl (C=O) groups is 1. The lowest BCUT2D eigenvalue weighted by Crippen LogP contribution is -2.52. The lowest BCUT2D eigenvalue weighted by molar-refractivity contribution is -0.141. The first-order valence-corrected chi connectivity index (χ1v) is 5.94. The van der Waals surface area contributed by atoms with Crippen LogP contribution in [0.1, 0.15) is 12.8 Å². The highest BCUT2D eigenvalue weighted by molar-refractivity contribution is 5.81. The molecule has 17 heavy (non-hydrogen) atoms. The van der Waals surface area contributed by atoms with E-state index in [0.29, 0.717) is 32.7 Å². The maximum Gasteiger partial charge on any atom is 0.239 e. The summed E-state index contributed by atoms with van der Waals surface area (Å²) in [5.74, 6) is -0.0668. The smallest absolute Gasteiger partial charge is 0.239 e. The van der Waals surface area contributed by atoms with Crippen molar-refractivity contribution in [1.82, 2.24) is 4.90 Å². The fraction of sp³-hybridized carbons (Fsp3) is 0.909. The number of nitrogens with zero attached hydrogens (tertiary/aromatic N) is 1. The summed E-state index contributed by atoms with van der Waals surface area (Å²) in [5.41, 5.74) is 5.83. The molecule has 0 aromatic rings. The van der Waals surface area contributed by atoms with Crippen LogP contribution in [0.4, 0.5) is 0 Å². The van der Waals surface area contributed by atoms with Crippen molar-refractivity contribution in [1.29, 1.82) is 0 Å². The second-order valence-corrected chi connectivity index (χ2v) is 4.20. The summed E-state index contributed by atoms with van der Waals surface area (Å²) in [4.78, 5) is 13.6. The highest BCUT2D eigenvalue weighted by atomic mass is 16.5. The minimum atomic E-state index is -0.484. The van der Waals surface area contributed by atoms with Gasteiger partial charge in [-0.15, -0.1) is 0 Å². The number of amides is 1. The molecule has 1 saturated heterocycles. The average molecular weight is 246 g/mol. The Bertz CT molecular complexity index is 238. The van der Waals surface area contributed by atoms with Gasteiger partial charge in [-0.25, -0.2) is 0 Å². The van der Waals surface area contributed by atoms with Gasteiger partial charge in [0.1, 0.15) is 0 Å². The van der Waals surface area contributed by atoms with Gasteiger partial charge in [0, 0.05) is 26.8 Å². The summed E-state index contributed by atoms with van der Waals surface area (Å²) in [6.07, 6.45) is 1.12. The van der Waals surface area contributed by atoms with E-state index < -0.39 is 6.04 Å². The van der Waals surface area contributed by atoms with Crippen LogP contribution in [0, 0.1) is 0 Å². The molecule has 1 rings (SSSR count). The molecule has 0 bridgehead atoms. The second kappa shape index (κ2) is 7.60. The quantitative estimate of drug-likeness (QED) is 0.585. The van der Waals surface area contributed by atoms with E-state index in [2.05, 4.69) is 0 Å². The Morgan fingerprint density at radius 1 is 1.71 bits per heavy atom. The van der Waals surface area contributed by atoms with E-state index in [4.69, 9.17) is 20.3 Å². The van der Waals surface area contributed by atoms with Crippen LogP contribution in [-0.2, 0) is 14.3 Å². The third-order valence-corrected chi connectivity index (χ3v) is 2.83. The van der Waals surface area contributed by atoms with Gasteiger partial charge in [0.05, 0.1) is 25.4 Å². The number of ether oxygens (including phenoxy) is 2. The minimum absolute atomic E-state index is 0.0668. The molecule has 2 unspecified atom stereocenters. The first-order valence-electron chi connectivity index (χ1n) is 5.94. The molecule has 1 aliphatic heterocycles. The van der Waals surface area contributed by atoms with Gasteiger partial charge in [0.2, 0.25) is 5.91 Å². The van der Waals surface area contributed by atoms with E-state index in [1.807, 2.05) is 0 Å². The van der Waals surface area contributed by atoms with Crippen LogP contribution < -0.4 is 5.73 Å². The zero-order valence-electron chi connectivity index (χ0n) is 10.3. The Hall–Kier alpha value is -0.690. The molecule has 6 heteroatoms. The molecular weight excluding hydrogens is 224 g/mol. The number of hydrogen-bond acceptors (Lipinski definition) is 5. The fourth-order valence-corrected chi connectivity index (χ4v) is 1.84. The summed E-state index contributed by atoms with van der Waals surface area (Å²) in [5, 5.41) is 8.99. The predicted octanol–water partition coefficient (Wildman–Crippen LogP) is -1.04. The number of aliphatic hydroxyl groups is 1. The first kappa shape index (κ1) is 14.4. The lowest BCUT2D eigenvalue weighted by Gasteiger charge is -2.33. The molecule has 0 radical (unpaired) electrons. The van der Waals surface area contributed by atoms with Crippen molar-refractivity contribution in [3.63, 3.8) is 0 Å². The van der Waals surface area contributed by atoms with Crippen molar-refractivity contribution in [3.8, 4) is 0 Å². The standard InChI is InChI=1S/C11H22N2O4/c1-16-5-2-3-10(12)11(15)13-4-6-17-9(7-13)8-14/h9-10,14H,2-8,12H2,1H3. The van der Waals surface area contributed by atoms with Crippen LogP contribution >= 0.6 is 0 Å². The molecule has 0 saturated carbocycles. The maximum atomic E-state index is 12.0. The van der Waals surface area contributed by atoms with Crippen LogP contribution in [0.5, 0.6) is 0 Å². The van der Waals surface area contributed by atoms with Crippen molar-refractivity contribution < 1.29 is 19.4 Å². The van der Waals surface area contributed by atoms with Crippen LogP contribution in [0.3, 0.4) is 0 Å². The average Bonchev–Trinajstić information content (AvgIpc) is 2.38. The molecular formula is C11H22N2O4. The zero-order chi connectivity index (χ0) is 12.7. The summed E-state index contributed by atoms with van der Waals surface area (Å²) in [6, 6.07) is -0.484. The number of carbonyl (C=O) groups excluding carboxylic acids is 1. The molecule has 6 nitrogen and oxygen atoms in total. The number of morpholine rings is 1. The monoisotopic (exact) mass is 246 g/mol. The van der Waals surface area contributed by atoms with Crippen LogP contribution in [0.2, 0.25) is 0 Å². The van der Waals surface area contributed by atoms with E-state index in [1.165, 1.54) is 0 Å². The Balaban J connectivity index is 2.34. The van der Waals surface area contributed by atoms with Gasteiger partial charge in [0.15, 0.2) is 0 Å². The van der Waals surface area contributed by atoms with Crippen molar-refractivity contribution in [3.05, 3.63) is 0 Å². The molecule has 1 fully saturated rings. The zero-order valence-corrected chi connectivity index (χ0v) is 10.3. The Kier molecular flexibility index (Phi) is 6.43. The van der Waals surface area contributed by atoms with Crippen LogP contribution in [0.15, 0.2) is 0 Å². The highest BCUT2D eigenvalue weighted by Gasteiger charge is 2.26. The largest absolute Gasteiger partial charge is 0.394 e. The van der Waals surface area contributed by atoms with Gasteiger partial charge < -0.3 is 25.2 Å². The molecule has 2 atom stereocenters. The molecule has 0 aromatic heterocycles. The lowest BCUT2D eigenvalue weighted by atomic mass is 10.1. The SMILES string of the molecule is COCCCC(N)C(=O)N1CCOC(CO)C1. The van der Waals surface area contributed by atoms with Crippen molar-refractivity contribution >= 4 is 5.91 Å². The van der Waals surface area contributed by atoms with E-state index in [-0.39, 0.29) is 18.6 Å². The number of aliphatic hydroxyl groups excluding tert-OH is 1. The van der Waals surface area contributed by atoms with E-state index in [9.17, 15) is 4.79 Å². The van der Waals surface area contributed by atoms with Gasteiger partial charge in [-0.1, -0.05) is 0 Å². The Morgan fingerprint density at radius 3 is 3.12 bits per heavy atom. The maximum absolute atomic E-state index is 12.0. The molecule has 0 aromatic carbocycles. The molecule has 1 aliphatic rings. The minimum Gasteiger partial charge on any atom is -0.394 e. The molecule has 3 N–H and O–H groups in total. The van der Waals surface area contributed by atoms with Crippen molar-refractivity contribution in [2.75, 3.05) is 40.0 Å². The highest BCUT2D eigenvalue weighted by Crippen LogP contribution is 2.08. The number of rotatable bonds is 6. The summed E-state index contributed by atoms with van der Waals surface area (Å²) in [7, 11) is 1.63. The summed E-state index contributed by atoms with van der Waals surface area (Å²) >= 11 is 0. The third-order valence-electron chi connectivity index (χ3n) is 2.83. The summed E-state index contributed by atoms with van der Waals surface area (Å²) < 4.78 is 10.2. The topological polar surface area (TPSA) is 85.0 Å². The van der Waals surface area contributed by atoms with Crippen LogP contribution in [0.25, 0.3) is 0 Å². The Labute approximate surface area is 102 Å². The third kappa shape index (κ3) is 4.59. The molecule has 0 spiro atoms. The van der Waals surface area contributed by atoms with Gasteiger partial charge >= 0.3 is 0 Å². The van der Waals surface area contributed by atoms with Gasteiger partial charge in [0.25, 0.3) is 0 Å². The predicted molar refractivity (Wildman–Crippen MR) is 62.5 cm³/mol. The van der Waals surface area contributed by atoms with Gasteiger partial charge in [-0.2, -0.15) is 0 Å². The number of methoxy groups -OCH3 is 1. The van der Waals surface area contributed by atoms with Crippen molar-refractivity contribution in [2.24, 2.45) is 5.73 Å². The Morgan fingerprint density at radius 2 is 2.47 bits per heavy atom. The fourth-order valence-electron chi connectivity index (χ4n) is 1.84. The van der Waals surface area contributed by atoms with E-state index in [0.717, 1.165) is 6.42 Å². The van der Waals surface area contributed by atoms with E-state index in [1.54, 1.807) is 12.0 Å². The molecule has 100 valence electrons. The molecule has 1 amide bonds. The molecule has 0 aliphatic carbocycles.